The average molecular weight is 447 g/mol. The van der Waals surface area contributed by atoms with Gasteiger partial charge in [0.05, 0.1) is 11.1 Å². The zero-order chi connectivity index (χ0) is 23.2. The van der Waals surface area contributed by atoms with E-state index in [0.717, 1.165) is 39.5 Å². The van der Waals surface area contributed by atoms with Gasteiger partial charge in [-0.1, -0.05) is 66.7 Å². The van der Waals surface area contributed by atoms with E-state index in [9.17, 15) is 9.59 Å². The molecule has 0 radical (unpaired) electrons. The Bertz CT molecular complexity index is 1620. The fraction of sp³-hybridized carbons (Fsp3) is 0.103. The summed E-state index contributed by atoms with van der Waals surface area (Å²) in [5.41, 5.74) is 5.26. The third-order valence-electron chi connectivity index (χ3n) is 6.50. The smallest absolute Gasteiger partial charge is 0.347 e. The first-order valence-electron chi connectivity index (χ1n) is 11.4. The summed E-state index contributed by atoms with van der Waals surface area (Å²) in [4.78, 5) is 26.1. The van der Waals surface area contributed by atoms with E-state index in [1.807, 2.05) is 79.1 Å². The molecule has 0 amide bonds. The van der Waals surface area contributed by atoms with E-state index in [1.165, 1.54) is 0 Å². The van der Waals surface area contributed by atoms with Crippen LogP contribution >= 0.6 is 0 Å². The van der Waals surface area contributed by atoms with Gasteiger partial charge in [-0.15, -0.1) is 0 Å². The summed E-state index contributed by atoms with van der Waals surface area (Å²) in [7, 11) is 0. The summed E-state index contributed by atoms with van der Waals surface area (Å²) < 4.78 is 9.40. The molecule has 0 bridgehead atoms. The molecular formula is C29H22N2O3. The SMILES string of the molecule is CCn1cc(C2=C(c3cn(Cc4ccccc4)c4ccccc34)C(=O)OC2=O)c2ccccc21. The molecule has 1 aliphatic heterocycles. The number of fused-ring (bicyclic) bond motifs is 2. The molecule has 166 valence electrons. The van der Waals surface area contributed by atoms with Crippen LogP contribution in [0.15, 0.2) is 91.3 Å². The molecule has 0 fully saturated rings. The van der Waals surface area contributed by atoms with Crippen molar-refractivity contribution in [2.45, 2.75) is 20.0 Å². The number of benzene rings is 3. The second kappa shape index (κ2) is 7.89. The van der Waals surface area contributed by atoms with E-state index in [1.54, 1.807) is 0 Å². The molecule has 2 aromatic heterocycles. The van der Waals surface area contributed by atoms with Gasteiger partial charge in [-0.05, 0) is 24.6 Å². The number of aryl methyl sites for hydroxylation is 1. The average Bonchev–Trinajstić information content (AvgIpc) is 3.50. The van der Waals surface area contributed by atoms with Crippen molar-refractivity contribution in [3.8, 4) is 0 Å². The first kappa shape index (κ1) is 20.2. The lowest BCUT2D eigenvalue weighted by Crippen LogP contribution is -2.02. The number of aromatic nitrogens is 2. The lowest BCUT2D eigenvalue weighted by atomic mass is 9.95. The summed E-state index contributed by atoms with van der Waals surface area (Å²) in [5, 5.41) is 1.84. The quantitative estimate of drug-likeness (QED) is 0.259. The first-order valence-corrected chi connectivity index (χ1v) is 11.4. The summed E-state index contributed by atoms with van der Waals surface area (Å²) in [6.45, 7) is 3.46. The van der Waals surface area contributed by atoms with Crippen molar-refractivity contribution in [1.29, 1.82) is 0 Å². The van der Waals surface area contributed by atoms with Crippen LogP contribution in [-0.2, 0) is 27.4 Å². The summed E-state index contributed by atoms with van der Waals surface area (Å²) >= 11 is 0. The van der Waals surface area contributed by atoms with Gasteiger partial charge in [0, 0.05) is 58.4 Å². The number of hydrogen-bond acceptors (Lipinski definition) is 3. The fourth-order valence-electron chi connectivity index (χ4n) is 4.94. The Morgan fingerprint density at radius 1 is 0.647 bits per heavy atom. The van der Waals surface area contributed by atoms with Crippen molar-refractivity contribution in [2.24, 2.45) is 0 Å². The Kier molecular flexibility index (Phi) is 4.69. The number of para-hydroxylation sites is 2. The standard InChI is InChI=1S/C29H22N2O3/c1-2-30-17-22(20-12-6-8-14-24(20)30)26-27(29(33)34-28(26)32)23-18-31(16-19-10-4-3-5-11-19)25-15-9-7-13-21(23)25/h3-15,17-18H,2,16H2,1H3. The molecule has 0 spiro atoms. The number of esters is 2. The maximum Gasteiger partial charge on any atom is 0.347 e. The van der Waals surface area contributed by atoms with Crippen LogP contribution in [0.2, 0.25) is 0 Å². The highest BCUT2D eigenvalue weighted by Crippen LogP contribution is 2.40. The van der Waals surface area contributed by atoms with Gasteiger partial charge in [0.1, 0.15) is 0 Å². The molecule has 6 rings (SSSR count). The van der Waals surface area contributed by atoms with E-state index >= 15 is 0 Å². The van der Waals surface area contributed by atoms with Gasteiger partial charge in [-0.3, -0.25) is 0 Å². The van der Waals surface area contributed by atoms with E-state index in [2.05, 4.69) is 28.2 Å². The summed E-state index contributed by atoms with van der Waals surface area (Å²) in [6.07, 6.45) is 3.91. The number of nitrogens with zero attached hydrogens (tertiary/aromatic N) is 2. The lowest BCUT2D eigenvalue weighted by molar-refractivity contribution is -0.149. The largest absolute Gasteiger partial charge is 0.386 e. The molecule has 0 atom stereocenters. The predicted octanol–water partition coefficient (Wildman–Crippen LogP) is 5.66. The number of rotatable bonds is 5. The third kappa shape index (κ3) is 3.09. The maximum absolute atomic E-state index is 13.1. The van der Waals surface area contributed by atoms with Crippen LogP contribution in [0.5, 0.6) is 0 Å². The van der Waals surface area contributed by atoms with Gasteiger partial charge < -0.3 is 13.9 Å². The molecule has 5 nitrogen and oxygen atoms in total. The highest BCUT2D eigenvalue weighted by molar-refractivity contribution is 6.46. The predicted molar refractivity (Wildman–Crippen MR) is 133 cm³/mol. The topological polar surface area (TPSA) is 53.2 Å². The van der Waals surface area contributed by atoms with Crippen molar-refractivity contribution in [3.05, 3.63) is 108 Å². The van der Waals surface area contributed by atoms with Crippen molar-refractivity contribution in [3.63, 3.8) is 0 Å². The highest BCUT2D eigenvalue weighted by atomic mass is 16.6. The van der Waals surface area contributed by atoms with Crippen molar-refractivity contribution in [2.75, 3.05) is 0 Å². The zero-order valence-electron chi connectivity index (χ0n) is 18.7. The Labute approximate surface area is 196 Å². The highest BCUT2D eigenvalue weighted by Gasteiger charge is 2.37. The summed E-state index contributed by atoms with van der Waals surface area (Å²) in [6, 6.07) is 26.0. The lowest BCUT2D eigenvalue weighted by Gasteiger charge is -2.05. The minimum Gasteiger partial charge on any atom is -0.386 e. The van der Waals surface area contributed by atoms with Crippen LogP contribution in [0.3, 0.4) is 0 Å². The Balaban J connectivity index is 1.61. The molecule has 5 heteroatoms. The van der Waals surface area contributed by atoms with E-state index in [-0.39, 0.29) is 0 Å². The number of cyclic esters (lactones) is 2. The molecule has 5 aromatic rings. The molecular weight excluding hydrogens is 424 g/mol. The molecule has 0 saturated heterocycles. The van der Waals surface area contributed by atoms with Crippen LogP contribution < -0.4 is 0 Å². The molecule has 34 heavy (non-hydrogen) atoms. The number of carbonyl (C=O) groups excluding carboxylic acids is 2. The second-order valence-electron chi connectivity index (χ2n) is 8.45. The molecule has 0 saturated carbocycles. The van der Waals surface area contributed by atoms with Gasteiger partial charge >= 0.3 is 11.9 Å². The van der Waals surface area contributed by atoms with Gasteiger partial charge in [-0.2, -0.15) is 0 Å². The second-order valence-corrected chi connectivity index (χ2v) is 8.45. The van der Waals surface area contributed by atoms with E-state index in [4.69, 9.17) is 4.74 Å². The van der Waals surface area contributed by atoms with Crippen LogP contribution in [-0.4, -0.2) is 21.1 Å². The van der Waals surface area contributed by atoms with Crippen molar-refractivity contribution < 1.29 is 14.3 Å². The normalized spacial score (nSPS) is 13.9. The van der Waals surface area contributed by atoms with Gasteiger partial charge in [-0.25, -0.2) is 9.59 Å². The number of carbonyl (C=O) groups is 2. The Morgan fingerprint density at radius 3 is 1.74 bits per heavy atom. The first-order chi connectivity index (χ1) is 16.7. The van der Waals surface area contributed by atoms with Crippen molar-refractivity contribution >= 4 is 44.9 Å². The van der Waals surface area contributed by atoms with Gasteiger partial charge in [0.25, 0.3) is 0 Å². The fourth-order valence-corrected chi connectivity index (χ4v) is 4.94. The van der Waals surface area contributed by atoms with Gasteiger partial charge in [0.15, 0.2) is 0 Å². The molecule has 0 aliphatic carbocycles. The van der Waals surface area contributed by atoms with Crippen molar-refractivity contribution in [1.82, 2.24) is 9.13 Å². The van der Waals surface area contributed by atoms with E-state index < -0.39 is 11.9 Å². The van der Waals surface area contributed by atoms with Crippen LogP contribution in [0.25, 0.3) is 33.0 Å². The van der Waals surface area contributed by atoms with Crippen LogP contribution in [0, 0.1) is 0 Å². The maximum atomic E-state index is 13.1. The molecule has 1 aliphatic rings. The number of hydrogen-bond donors (Lipinski definition) is 0. The molecule has 0 N–H and O–H groups in total. The minimum absolute atomic E-state index is 0.326. The van der Waals surface area contributed by atoms with Crippen LogP contribution in [0.4, 0.5) is 0 Å². The Morgan fingerprint density at radius 2 is 1.15 bits per heavy atom. The third-order valence-corrected chi connectivity index (χ3v) is 6.50. The monoisotopic (exact) mass is 446 g/mol. The van der Waals surface area contributed by atoms with E-state index in [0.29, 0.717) is 23.3 Å². The van der Waals surface area contributed by atoms with Crippen LogP contribution in [0.1, 0.15) is 23.6 Å². The Hall–Kier alpha value is -4.38. The molecule has 3 aromatic carbocycles. The summed E-state index contributed by atoms with van der Waals surface area (Å²) in [5.74, 6) is -1.20. The zero-order valence-corrected chi connectivity index (χ0v) is 18.7. The number of ether oxygens (including phenoxy) is 1. The molecule has 3 heterocycles. The molecule has 0 unspecified atom stereocenters. The minimum atomic E-state index is -0.601. The van der Waals surface area contributed by atoms with Gasteiger partial charge in [0.2, 0.25) is 0 Å².